The minimum absolute atomic E-state index is 0.963. The van der Waals surface area contributed by atoms with Crippen molar-refractivity contribution in [2.24, 2.45) is 0 Å². The van der Waals surface area contributed by atoms with Gasteiger partial charge in [-0.1, -0.05) is 0 Å². The fraction of sp³-hybridized carbons (Fsp3) is 0.667. The van der Waals surface area contributed by atoms with Crippen LogP contribution in [0.5, 0.6) is 0 Å². The van der Waals surface area contributed by atoms with Gasteiger partial charge in [-0.2, -0.15) is 0 Å². The first-order valence-corrected chi connectivity index (χ1v) is 4.75. The fourth-order valence-corrected chi connectivity index (χ4v) is 1.36. The zero-order chi connectivity index (χ0) is 9.36. The van der Waals surface area contributed by atoms with Crippen LogP contribution >= 0.6 is 0 Å². The van der Waals surface area contributed by atoms with E-state index in [0.717, 1.165) is 39.3 Å². The third kappa shape index (κ3) is 4.65. The topological polar surface area (TPSA) is 51.2 Å². The number of rotatable bonds is 5. The van der Waals surface area contributed by atoms with E-state index in [9.17, 15) is 0 Å². The van der Waals surface area contributed by atoms with Crippen molar-refractivity contribution >= 4 is 6.21 Å². The van der Waals surface area contributed by atoms with Gasteiger partial charge in [0, 0.05) is 45.5 Å². The van der Waals surface area contributed by atoms with Gasteiger partial charge in [0.05, 0.1) is 0 Å². The van der Waals surface area contributed by atoms with Gasteiger partial charge in [-0.3, -0.25) is 4.90 Å². The van der Waals surface area contributed by atoms with E-state index >= 15 is 0 Å². The molecule has 0 aromatic carbocycles. The number of nitrogens with zero attached hydrogens (tertiary/aromatic N) is 1. The number of piperazine rings is 1. The summed E-state index contributed by atoms with van der Waals surface area (Å²) >= 11 is 0. The molecule has 0 saturated carbocycles. The van der Waals surface area contributed by atoms with E-state index < -0.39 is 0 Å². The quantitative estimate of drug-likeness (QED) is 0.402. The van der Waals surface area contributed by atoms with Crippen molar-refractivity contribution in [3.63, 3.8) is 0 Å². The molecule has 4 nitrogen and oxygen atoms in total. The minimum Gasteiger partial charge on any atom is -0.390 e. The average Bonchev–Trinajstić information content (AvgIpc) is 2.19. The van der Waals surface area contributed by atoms with E-state index in [0.29, 0.717) is 0 Å². The Morgan fingerprint density at radius 3 is 2.85 bits per heavy atom. The summed E-state index contributed by atoms with van der Waals surface area (Å²) in [6.45, 7) is 6.56. The van der Waals surface area contributed by atoms with Crippen molar-refractivity contribution in [1.82, 2.24) is 15.5 Å². The molecule has 74 valence electrons. The van der Waals surface area contributed by atoms with Gasteiger partial charge in [-0.25, -0.2) is 0 Å². The van der Waals surface area contributed by atoms with E-state index in [2.05, 4.69) is 15.5 Å². The Balaban J connectivity index is 1.97. The van der Waals surface area contributed by atoms with Gasteiger partial charge >= 0.3 is 0 Å². The molecule has 0 bridgehead atoms. The fourth-order valence-electron chi connectivity index (χ4n) is 1.36. The second-order valence-electron chi connectivity index (χ2n) is 3.07. The molecule has 1 fully saturated rings. The van der Waals surface area contributed by atoms with Crippen LogP contribution in [0.3, 0.4) is 0 Å². The molecule has 0 aliphatic carbocycles. The standard InChI is InChI=1S/C9H18N4/c10-2-1-3-11-4-7-13-8-5-12-6-9-13/h1-3,10-12H,4-9H2/b3-1-,10-2?. The van der Waals surface area contributed by atoms with Crippen LogP contribution in [0.2, 0.25) is 0 Å². The molecule has 1 saturated heterocycles. The first-order valence-electron chi connectivity index (χ1n) is 4.75. The Kier molecular flexibility index (Phi) is 5.20. The molecule has 0 aromatic rings. The largest absolute Gasteiger partial charge is 0.390 e. The van der Waals surface area contributed by atoms with E-state index in [1.165, 1.54) is 6.21 Å². The Morgan fingerprint density at radius 2 is 2.15 bits per heavy atom. The van der Waals surface area contributed by atoms with Gasteiger partial charge in [-0.05, 0) is 12.3 Å². The van der Waals surface area contributed by atoms with E-state index in [-0.39, 0.29) is 0 Å². The third-order valence-electron chi connectivity index (χ3n) is 2.09. The number of hydrogen-bond donors (Lipinski definition) is 3. The molecule has 1 rings (SSSR count). The van der Waals surface area contributed by atoms with Crippen LogP contribution in [0.15, 0.2) is 12.3 Å². The molecule has 0 radical (unpaired) electrons. The second kappa shape index (κ2) is 6.62. The molecular weight excluding hydrogens is 164 g/mol. The Morgan fingerprint density at radius 1 is 1.38 bits per heavy atom. The van der Waals surface area contributed by atoms with Crippen LogP contribution in [0.4, 0.5) is 0 Å². The predicted octanol–water partition coefficient (Wildman–Crippen LogP) is -0.356. The second-order valence-corrected chi connectivity index (χ2v) is 3.07. The highest BCUT2D eigenvalue weighted by Gasteiger charge is 2.07. The number of nitrogens with one attached hydrogen (secondary N) is 3. The van der Waals surface area contributed by atoms with Crippen LogP contribution in [0.25, 0.3) is 0 Å². The van der Waals surface area contributed by atoms with Crippen molar-refractivity contribution in [3.05, 3.63) is 12.3 Å². The number of hydrogen-bond acceptors (Lipinski definition) is 4. The smallest absolute Gasteiger partial charge is 0.0269 e. The summed E-state index contributed by atoms with van der Waals surface area (Å²) < 4.78 is 0. The molecule has 13 heavy (non-hydrogen) atoms. The molecule has 0 amide bonds. The maximum Gasteiger partial charge on any atom is 0.0269 e. The summed E-state index contributed by atoms with van der Waals surface area (Å²) in [5.74, 6) is 0. The average molecular weight is 182 g/mol. The van der Waals surface area contributed by atoms with Crippen molar-refractivity contribution < 1.29 is 0 Å². The predicted molar refractivity (Wildman–Crippen MR) is 55.2 cm³/mol. The molecule has 1 heterocycles. The zero-order valence-electron chi connectivity index (χ0n) is 7.92. The summed E-state index contributed by atoms with van der Waals surface area (Å²) in [6, 6.07) is 0. The Bertz CT molecular complexity index is 161. The lowest BCUT2D eigenvalue weighted by Gasteiger charge is -2.26. The molecule has 1 aliphatic rings. The van der Waals surface area contributed by atoms with Gasteiger partial charge in [-0.15, -0.1) is 0 Å². The molecule has 0 spiro atoms. The SMILES string of the molecule is N=C/C=C\NCCN1CCNCC1. The first kappa shape index (κ1) is 10.2. The van der Waals surface area contributed by atoms with Crippen molar-refractivity contribution in [3.8, 4) is 0 Å². The maximum atomic E-state index is 6.76. The lowest BCUT2D eigenvalue weighted by Crippen LogP contribution is -2.45. The highest BCUT2D eigenvalue weighted by Crippen LogP contribution is 1.89. The summed E-state index contributed by atoms with van der Waals surface area (Å²) in [7, 11) is 0. The first-order chi connectivity index (χ1) is 6.43. The normalized spacial score (nSPS) is 19.1. The third-order valence-corrected chi connectivity index (χ3v) is 2.09. The van der Waals surface area contributed by atoms with Gasteiger partial charge in [0.1, 0.15) is 0 Å². The van der Waals surface area contributed by atoms with Crippen LogP contribution in [-0.2, 0) is 0 Å². The van der Waals surface area contributed by atoms with E-state index in [4.69, 9.17) is 5.41 Å². The molecule has 1 aliphatic heterocycles. The van der Waals surface area contributed by atoms with Crippen LogP contribution < -0.4 is 10.6 Å². The van der Waals surface area contributed by atoms with Crippen LogP contribution in [0, 0.1) is 5.41 Å². The van der Waals surface area contributed by atoms with Gasteiger partial charge in [0.2, 0.25) is 0 Å². The van der Waals surface area contributed by atoms with Crippen LogP contribution in [-0.4, -0.2) is 50.4 Å². The molecule has 3 N–H and O–H groups in total. The van der Waals surface area contributed by atoms with Crippen LogP contribution in [0.1, 0.15) is 0 Å². The highest BCUT2D eigenvalue weighted by molar-refractivity contribution is 5.67. The minimum atomic E-state index is 0.963. The molecule has 0 unspecified atom stereocenters. The molecule has 0 aromatic heterocycles. The lowest BCUT2D eigenvalue weighted by molar-refractivity contribution is 0.244. The van der Waals surface area contributed by atoms with Gasteiger partial charge < -0.3 is 16.0 Å². The zero-order valence-corrected chi connectivity index (χ0v) is 7.92. The Hall–Kier alpha value is -0.870. The van der Waals surface area contributed by atoms with E-state index in [1.807, 2.05) is 6.20 Å². The molecule has 0 atom stereocenters. The maximum absolute atomic E-state index is 6.76. The van der Waals surface area contributed by atoms with Crippen molar-refractivity contribution in [1.29, 1.82) is 5.41 Å². The van der Waals surface area contributed by atoms with E-state index in [1.54, 1.807) is 6.08 Å². The lowest BCUT2D eigenvalue weighted by atomic mass is 10.3. The summed E-state index contributed by atoms with van der Waals surface area (Å²) in [6.07, 6.45) is 4.78. The monoisotopic (exact) mass is 182 g/mol. The van der Waals surface area contributed by atoms with Gasteiger partial charge in [0.25, 0.3) is 0 Å². The van der Waals surface area contributed by atoms with Gasteiger partial charge in [0.15, 0.2) is 0 Å². The summed E-state index contributed by atoms with van der Waals surface area (Å²) in [5, 5.41) is 13.2. The highest BCUT2D eigenvalue weighted by atomic mass is 15.2. The summed E-state index contributed by atoms with van der Waals surface area (Å²) in [5.41, 5.74) is 0. The van der Waals surface area contributed by atoms with Crippen molar-refractivity contribution in [2.75, 3.05) is 39.3 Å². The molecular formula is C9H18N4. The van der Waals surface area contributed by atoms with Crippen molar-refractivity contribution in [2.45, 2.75) is 0 Å². The molecule has 4 heteroatoms. The number of allylic oxidation sites excluding steroid dienone is 1. The Labute approximate surface area is 79.5 Å². The summed E-state index contributed by atoms with van der Waals surface area (Å²) in [4.78, 5) is 2.43.